The van der Waals surface area contributed by atoms with E-state index in [9.17, 15) is 0 Å². The van der Waals surface area contributed by atoms with Gasteiger partial charge in [-0.1, -0.05) is 48.0 Å². The minimum atomic E-state index is 0.262. The summed E-state index contributed by atoms with van der Waals surface area (Å²) >= 11 is 0. The third kappa shape index (κ3) is 3.27. The molecule has 2 heterocycles. The van der Waals surface area contributed by atoms with E-state index in [0.717, 1.165) is 31.8 Å². The van der Waals surface area contributed by atoms with Gasteiger partial charge in [-0.15, -0.1) is 0 Å². The van der Waals surface area contributed by atoms with Crippen LogP contribution < -0.4 is 4.74 Å². The largest absolute Gasteiger partial charge is 0.496 e. The summed E-state index contributed by atoms with van der Waals surface area (Å²) in [5.74, 6) is 0.967. The highest BCUT2D eigenvalue weighted by Gasteiger charge is 2.27. The molecule has 4 rings (SSSR count). The van der Waals surface area contributed by atoms with Gasteiger partial charge in [0, 0.05) is 37.1 Å². The van der Waals surface area contributed by atoms with Gasteiger partial charge in [-0.25, -0.2) is 0 Å². The molecule has 3 heteroatoms. The minimum Gasteiger partial charge on any atom is -0.496 e. The average Bonchev–Trinajstić information content (AvgIpc) is 3.05. The van der Waals surface area contributed by atoms with Crippen LogP contribution in [0.4, 0.5) is 0 Å². The molecule has 0 radical (unpaired) electrons. The predicted octanol–water partition coefficient (Wildman–Crippen LogP) is 4.80. The summed E-state index contributed by atoms with van der Waals surface area (Å²) in [7, 11) is 1.75. The normalized spacial score (nSPS) is 17.5. The number of hydrogen-bond acceptors (Lipinski definition) is 2. The number of nitrogens with zero attached hydrogens (tertiary/aromatic N) is 2. The molecule has 1 aromatic heterocycles. The third-order valence-corrected chi connectivity index (χ3v) is 5.31. The lowest BCUT2D eigenvalue weighted by atomic mass is 10.00. The monoisotopic (exact) mass is 346 g/mol. The number of hydrogen-bond donors (Lipinski definition) is 0. The van der Waals surface area contributed by atoms with Crippen LogP contribution >= 0.6 is 0 Å². The van der Waals surface area contributed by atoms with Crippen molar-refractivity contribution in [1.82, 2.24) is 9.47 Å². The Kier molecular flexibility index (Phi) is 4.81. The highest BCUT2D eigenvalue weighted by atomic mass is 16.5. The van der Waals surface area contributed by atoms with Gasteiger partial charge in [-0.2, -0.15) is 0 Å². The average molecular weight is 346 g/mol. The summed E-state index contributed by atoms with van der Waals surface area (Å²) in [5.41, 5.74) is 5.27. The van der Waals surface area contributed by atoms with Crippen LogP contribution in [0.3, 0.4) is 0 Å². The lowest BCUT2D eigenvalue weighted by Gasteiger charge is -2.31. The van der Waals surface area contributed by atoms with Gasteiger partial charge in [0.15, 0.2) is 0 Å². The number of aromatic nitrogens is 1. The molecule has 0 amide bonds. The maximum absolute atomic E-state index is 5.60. The van der Waals surface area contributed by atoms with E-state index in [2.05, 4.69) is 77.2 Å². The smallest absolute Gasteiger partial charge is 0.123 e. The molecule has 1 aliphatic rings. The molecule has 0 spiro atoms. The second-order valence-corrected chi connectivity index (χ2v) is 7.08. The van der Waals surface area contributed by atoms with Gasteiger partial charge >= 0.3 is 0 Å². The van der Waals surface area contributed by atoms with Crippen LogP contribution in [0.25, 0.3) is 0 Å². The zero-order valence-electron chi connectivity index (χ0n) is 15.6. The van der Waals surface area contributed by atoms with Gasteiger partial charge < -0.3 is 9.30 Å². The Labute approximate surface area is 155 Å². The summed E-state index contributed by atoms with van der Waals surface area (Å²) < 4.78 is 8.01. The molecule has 2 aromatic carbocycles. The first-order valence-electron chi connectivity index (χ1n) is 9.34. The molecule has 26 heavy (non-hydrogen) atoms. The Balaban J connectivity index is 1.74. The Morgan fingerprint density at radius 3 is 2.58 bits per heavy atom. The standard InChI is InChI=1S/C23H26N2O/c1-18-10-12-19(13-11-18)23-21-8-5-14-24(21)15-6-16-25(23)17-20-7-3-4-9-22(20)26-2/h3-5,7-14,23H,6,15-17H2,1-2H3/t23-/m1/s1. The SMILES string of the molecule is COc1ccccc1CN1CCCn2cccc2[C@H]1c1ccc(C)cc1. The molecule has 3 nitrogen and oxygen atoms in total. The first-order valence-corrected chi connectivity index (χ1v) is 9.34. The number of fused-ring (bicyclic) bond motifs is 1. The molecule has 0 saturated carbocycles. The minimum absolute atomic E-state index is 0.262. The van der Waals surface area contributed by atoms with Crippen molar-refractivity contribution in [2.24, 2.45) is 0 Å². The number of ether oxygens (including phenoxy) is 1. The molecule has 0 N–H and O–H groups in total. The Bertz CT molecular complexity index is 866. The van der Waals surface area contributed by atoms with Gasteiger partial charge in [0.1, 0.15) is 5.75 Å². The van der Waals surface area contributed by atoms with Gasteiger partial charge in [-0.3, -0.25) is 4.90 Å². The van der Waals surface area contributed by atoms with Gasteiger partial charge in [0.2, 0.25) is 0 Å². The maximum Gasteiger partial charge on any atom is 0.123 e. The van der Waals surface area contributed by atoms with Crippen molar-refractivity contribution in [3.05, 3.63) is 89.2 Å². The van der Waals surface area contributed by atoms with Crippen LogP contribution in [-0.4, -0.2) is 23.1 Å². The maximum atomic E-state index is 5.60. The third-order valence-electron chi connectivity index (χ3n) is 5.31. The number of para-hydroxylation sites is 1. The van der Waals surface area contributed by atoms with E-state index in [-0.39, 0.29) is 6.04 Å². The second kappa shape index (κ2) is 7.38. The molecule has 3 aromatic rings. The molecule has 1 atom stereocenters. The highest BCUT2D eigenvalue weighted by molar-refractivity contribution is 5.35. The van der Waals surface area contributed by atoms with Gasteiger partial charge in [-0.05, 0) is 37.1 Å². The van der Waals surface area contributed by atoms with E-state index in [1.807, 2.05) is 6.07 Å². The Morgan fingerprint density at radius 2 is 1.77 bits per heavy atom. The Morgan fingerprint density at radius 1 is 0.962 bits per heavy atom. The summed E-state index contributed by atoms with van der Waals surface area (Å²) in [6.07, 6.45) is 3.36. The van der Waals surface area contributed by atoms with Crippen molar-refractivity contribution in [2.45, 2.75) is 32.5 Å². The fourth-order valence-corrected chi connectivity index (χ4v) is 3.99. The van der Waals surface area contributed by atoms with E-state index in [0.29, 0.717) is 0 Å². The van der Waals surface area contributed by atoms with E-state index in [1.165, 1.54) is 22.4 Å². The molecular formula is C23H26N2O. The van der Waals surface area contributed by atoms with Crippen molar-refractivity contribution >= 4 is 0 Å². The zero-order chi connectivity index (χ0) is 17.9. The van der Waals surface area contributed by atoms with E-state index in [1.54, 1.807) is 7.11 Å². The summed E-state index contributed by atoms with van der Waals surface area (Å²) in [6, 6.07) is 22.0. The number of aryl methyl sites for hydroxylation is 2. The molecule has 0 aliphatic carbocycles. The summed E-state index contributed by atoms with van der Waals surface area (Å²) in [5, 5.41) is 0. The summed E-state index contributed by atoms with van der Waals surface area (Å²) in [4.78, 5) is 2.58. The quantitative estimate of drug-likeness (QED) is 0.675. The predicted molar refractivity (Wildman–Crippen MR) is 105 cm³/mol. The van der Waals surface area contributed by atoms with E-state index >= 15 is 0 Å². The van der Waals surface area contributed by atoms with Crippen LogP contribution in [-0.2, 0) is 13.1 Å². The van der Waals surface area contributed by atoms with Crippen molar-refractivity contribution in [1.29, 1.82) is 0 Å². The van der Waals surface area contributed by atoms with Crippen LogP contribution in [0, 0.1) is 6.92 Å². The number of benzene rings is 2. The van der Waals surface area contributed by atoms with Crippen LogP contribution in [0.15, 0.2) is 66.9 Å². The molecule has 0 unspecified atom stereocenters. The van der Waals surface area contributed by atoms with Crippen LogP contribution in [0.1, 0.15) is 34.8 Å². The molecule has 0 saturated heterocycles. The lowest BCUT2D eigenvalue weighted by molar-refractivity contribution is 0.217. The molecule has 0 fully saturated rings. The van der Waals surface area contributed by atoms with Gasteiger partial charge in [0.25, 0.3) is 0 Å². The summed E-state index contributed by atoms with van der Waals surface area (Å²) in [6.45, 7) is 5.17. The molecule has 1 aliphatic heterocycles. The molecular weight excluding hydrogens is 320 g/mol. The van der Waals surface area contributed by atoms with Crippen molar-refractivity contribution in [2.75, 3.05) is 13.7 Å². The molecule has 134 valence electrons. The number of methoxy groups -OCH3 is 1. The van der Waals surface area contributed by atoms with E-state index < -0.39 is 0 Å². The van der Waals surface area contributed by atoms with Crippen molar-refractivity contribution in [3.8, 4) is 5.75 Å². The second-order valence-electron chi connectivity index (χ2n) is 7.08. The topological polar surface area (TPSA) is 17.4 Å². The molecule has 0 bridgehead atoms. The van der Waals surface area contributed by atoms with Crippen molar-refractivity contribution < 1.29 is 4.74 Å². The zero-order valence-corrected chi connectivity index (χ0v) is 15.6. The number of rotatable bonds is 4. The lowest BCUT2D eigenvalue weighted by Crippen LogP contribution is -2.29. The first-order chi connectivity index (χ1) is 12.8. The van der Waals surface area contributed by atoms with Crippen LogP contribution in [0.5, 0.6) is 5.75 Å². The van der Waals surface area contributed by atoms with Gasteiger partial charge in [0.05, 0.1) is 13.2 Å². The van der Waals surface area contributed by atoms with Crippen molar-refractivity contribution in [3.63, 3.8) is 0 Å². The van der Waals surface area contributed by atoms with Crippen LogP contribution in [0.2, 0.25) is 0 Å². The fourth-order valence-electron chi connectivity index (χ4n) is 3.99. The first kappa shape index (κ1) is 16.9. The van der Waals surface area contributed by atoms with E-state index in [4.69, 9.17) is 4.74 Å². The highest BCUT2D eigenvalue weighted by Crippen LogP contribution is 2.34. The fraction of sp³-hybridized carbons (Fsp3) is 0.304. The Hall–Kier alpha value is -2.52.